The number of carbonyl (C=O) groups is 1. The third-order valence-electron chi connectivity index (χ3n) is 5.14. The molecule has 0 saturated carbocycles. The first-order valence-electron chi connectivity index (χ1n) is 10.2. The summed E-state index contributed by atoms with van der Waals surface area (Å²) in [6.07, 6.45) is 0. The van der Waals surface area contributed by atoms with Crippen molar-refractivity contribution in [3.63, 3.8) is 0 Å². The zero-order valence-electron chi connectivity index (χ0n) is 18.1. The Hall–Kier alpha value is -2.99. The lowest BCUT2D eigenvalue weighted by Crippen LogP contribution is -2.50. The highest BCUT2D eigenvalue weighted by Gasteiger charge is 2.26. The Kier molecular flexibility index (Phi) is 6.91. The summed E-state index contributed by atoms with van der Waals surface area (Å²) in [5, 5.41) is 8.84. The van der Waals surface area contributed by atoms with E-state index in [4.69, 9.17) is 5.26 Å². The minimum Gasteiger partial charge on any atom is -0.353 e. The Morgan fingerprint density at radius 3 is 2.35 bits per heavy atom. The first-order chi connectivity index (χ1) is 14.7. The topological polar surface area (TPSA) is 107 Å². The van der Waals surface area contributed by atoms with Gasteiger partial charge in [0.2, 0.25) is 5.91 Å². The van der Waals surface area contributed by atoms with Gasteiger partial charge in [-0.1, -0.05) is 26.0 Å². The molecule has 0 bridgehead atoms. The van der Waals surface area contributed by atoms with Gasteiger partial charge >= 0.3 is 0 Å². The number of aryl methyl sites for hydroxylation is 1. The van der Waals surface area contributed by atoms with Gasteiger partial charge in [-0.2, -0.15) is 5.26 Å². The second-order valence-electron chi connectivity index (χ2n) is 8.09. The van der Waals surface area contributed by atoms with Gasteiger partial charge in [0.1, 0.15) is 17.4 Å². The maximum absolute atomic E-state index is 12.6. The van der Waals surface area contributed by atoms with Gasteiger partial charge in [-0.3, -0.25) is 4.79 Å². The second-order valence-corrected chi connectivity index (χ2v) is 10.2. The molecule has 2 aromatic rings. The zero-order valence-corrected chi connectivity index (χ0v) is 18.9. The molecule has 1 aromatic heterocycles. The van der Waals surface area contributed by atoms with Crippen molar-refractivity contribution in [3.05, 3.63) is 53.0 Å². The van der Waals surface area contributed by atoms with Crippen LogP contribution in [0.1, 0.15) is 42.4 Å². The van der Waals surface area contributed by atoms with E-state index in [1.807, 2.05) is 32.9 Å². The molecule has 1 saturated heterocycles. The van der Waals surface area contributed by atoms with Crippen LogP contribution in [0, 0.1) is 18.3 Å². The largest absolute Gasteiger partial charge is 0.353 e. The van der Waals surface area contributed by atoms with E-state index in [9.17, 15) is 13.2 Å². The van der Waals surface area contributed by atoms with Crippen molar-refractivity contribution < 1.29 is 13.2 Å². The van der Waals surface area contributed by atoms with Gasteiger partial charge in [0.05, 0.1) is 17.4 Å². The summed E-state index contributed by atoms with van der Waals surface area (Å²) >= 11 is 0. The molecule has 1 amide bonds. The van der Waals surface area contributed by atoms with Gasteiger partial charge in [-0.15, -0.1) is 0 Å². The fraction of sp³-hybridized carbons (Fsp3) is 0.455. The quantitative estimate of drug-likeness (QED) is 0.675. The predicted octanol–water partition coefficient (Wildman–Crippen LogP) is 2.04. The van der Waals surface area contributed by atoms with E-state index < -0.39 is 15.6 Å². The molecule has 2 heterocycles. The summed E-state index contributed by atoms with van der Waals surface area (Å²) in [6, 6.07) is 10.3. The number of aromatic nitrogens is 2. The molecule has 31 heavy (non-hydrogen) atoms. The fourth-order valence-electron chi connectivity index (χ4n) is 3.44. The van der Waals surface area contributed by atoms with Crippen LogP contribution in [0.25, 0.3) is 0 Å². The third kappa shape index (κ3) is 6.01. The Balaban J connectivity index is 1.58. The number of carbonyl (C=O) groups excluding carboxylic acids is 1. The molecule has 0 aliphatic carbocycles. The van der Waals surface area contributed by atoms with Crippen molar-refractivity contribution >= 4 is 21.6 Å². The van der Waals surface area contributed by atoms with Crippen molar-refractivity contribution in [2.24, 2.45) is 0 Å². The van der Waals surface area contributed by atoms with Crippen LogP contribution < -0.4 is 4.90 Å². The lowest BCUT2D eigenvalue weighted by Gasteiger charge is -2.35. The number of amides is 1. The summed E-state index contributed by atoms with van der Waals surface area (Å²) in [6.45, 7) is 8.12. The van der Waals surface area contributed by atoms with E-state index in [2.05, 4.69) is 14.9 Å². The normalized spacial score (nSPS) is 14.5. The van der Waals surface area contributed by atoms with Crippen LogP contribution in [0.4, 0.5) is 5.82 Å². The Labute approximate surface area is 183 Å². The molecule has 0 unspecified atom stereocenters. The average molecular weight is 442 g/mol. The first-order valence-corrected chi connectivity index (χ1v) is 12.1. The molecule has 164 valence electrons. The van der Waals surface area contributed by atoms with Crippen molar-refractivity contribution in [2.45, 2.75) is 32.4 Å². The zero-order chi connectivity index (χ0) is 22.6. The summed E-state index contributed by atoms with van der Waals surface area (Å²) in [4.78, 5) is 25.4. The molecule has 1 aliphatic rings. The number of nitrogens with zero attached hydrogens (tertiary/aromatic N) is 5. The molecular formula is C22H27N5O3S. The van der Waals surface area contributed by atoms with Crippen LogP contribution in [-0.4, -0.2) is 61.1 Å². The molecule has 0 N–H and O–H groups in total. The summed E-state index contributed by atoms with van der Waals surface area (Å²) in [5.74, 6) is 0.747. The number of sulfone groups is 1. The second kappa shape index (κ2) is 9.43. The number of hydrogen-bond donors (Lipinski definition) is 0. The van der Waals surface area contributed by atoms with Crippen LogP contribution in [0.5, 0.6) is 0 Å². The maximum atomic E-state index is 12.6. The SMILES string of the molecule is Cc1cc(N2CCN(C(=O)CS(=O)(=O)Cc3ccc(C#N)cc3)CC2)nc(C(C)C)n1. The van der Waals surface area contributed by atoms with Gasteiger partial charge < -0.3 is 9.80 Å². The lowest BCUT2D eigenvalue weighted by molar-refractivity contribution is -0.128. The molecule has 0 atom stereocenters. The van der Waals surface area contributed by atoms with E-state index in [0.717, 1.165) is 17.3 Å². The molecule has 9 heteroatoms. The summed E-state index contributed by atoms with van der Waals surface area (Å²) in [5.41, 5.74) is 1.94. The fourth-order valence-corrected chi connectivity index (χ4v) is 4.80. The standard InChI is InChI=1S/C22H27N5O3S/c1-16(2)22-24-17(3)12-20(25-22)26-8-10-27(11-9-26)21(28)15-31(29,30)14-19-6-4-18(13-23)5-7-19/h4-7,12,16H,8-11,14-15H2,1-3H3. The molecule has 0 spiro atoms. The Morgan fingerprint density at radius 1 is 1.13 bits per heavy atom. The maximum Gasteiger partial charge on any atom is 0.237 e. The summed E-state index contributed by atoms with van der Waals surface area (Å²) < 4.78 is 25.0. The number of piperazine rings is 1. The van der Waals surface area contributed by atoms with Crippen molar-refractivity contribution in [1.82, 2.24) is 14.9 Å². The van der Waals surface area contributed by atoms with Gasteiger partial charge in [0.25, 0.3) is 0 Å². The summed E-state index contributed by atoms with van der Waals surface area (Å²) in [7, 11) is -3.60. The minimum atomic E-state index is -3.60. The van der Waals surface area contributed by atoms with E-state index in [0.29, 0.717) is 37.3 Å². The minimum absolute atomic E-state index is 0.220. The van der Waals surface area contributed by atoms with Gasteiger partial charge in [0, 0.05) is 43.9 Å². The molecule has 1 aliphatic heterocycles. The van der Waals surface area contributed by atoms with Crippen LogP contribution in [0.15, 0.2) is 30.3 Å². The number of anilines is 1. The lowest BCUT2D eigenvalue weighted by atomic mass is 10.2. The molecule has 3 rings (SSSR count). The Morgan fingerprint density at radius 2 is 1.77 bits per heavy atom. The van der Waals surface area contributed by atoms with Crippen LogP contribution >= 0.6 is 0 Å². The third-order valence-corrected chi connectivity index (χ3v) is 6.60. The smallest absolute Gasteiger partial charge is 0.237 e. The van der Waals surface area contributed by atoms with Crippen LogP contribution in [-0.2, 0) is 20.4 Å². The monoisotopic (exact) mass is 441 g/mol. The van der Waals surface area contributed by atoms with E-state index >= 15 is 0 Å². The van der Waals surface area contributed by atoms with Crippen molar-refractivity contribution in [3.8, 4) is 6.07 Å². The van der Waals surface area contributed by atoms with Crippen molar-refractivity contribution in [1.29, 1.82) is 5.26 Å². The molecule has 8 nitrogen and oxygen atoms in total. The molecule has 1 fully saturated rings. The van der Waals surface area contributed by atoms with Gasteiger partial charge in [0.15, 0.2) is 9.84 Å². The number of nitriles is 1. The number of hydrogen-bond acceptors (Lipinski definition) is 7. The van der Waals surface area contributed by atoms with Crippen LogP contribution in [0.3, 0.4) is 0 Å². The van der Waals surface area contributed by atoms with E-state index in [-0.39, 0.29) is 17.6 Å². The number of rotatable bonds is 6. The Bertz CT molecular complexity index is 1080. The van der Waals surface area contributed by atoms with Crippen LogP contribution in [0.2, 0.25) is 0 Å². The van der Waals surface area contributed by atoms with E-state index in [1.165, 1.54) is 0 Å². The number of benzene rings is 1. The van der Waals surface area contributed by atoms with E-state index in [1.54, 1.807) is 29.2 Å². The molecule has 1 aromatic carbocycles. The highest BCUT2D eigenvalue weighted by atomic mass is 32.2. The molecular weight excluding hydrogens is 414 g/mol. The molecule has 0 radical (unpaired) electrons. The predicted molar refractivity (Wildman–Crippen MR) is 118 cm³/mol. The first kappa shape index (κ1) is 22.7. The van der Waals surface area contributed by atoms with Gasteiger partial charge in [-0.05, 0) is 24.6 Å². The van der Waals surface area contributed by atoms with Gasteiger partial charge in [-0.25, -0.2) is 18.4 Å². The highest BCUT2D eigenvalue weighted by Crippen LogP contribution is 2.19. The average Bonchev–Trinajstić information content (AvgIpc) is 2.73. The highest BCUT2D eigenvalue weighted by molar-refractivity contribution is 7.91. The van der Waals surface area contributed by atoms with Crippen molar-refractivity contribution in [2.75, 3.05) is 36.8 Å².